The molecule has 7 heteroatoms. The van der Waals surface area contributed by atoms with Crippen LogP contribution in [0, 0.1) is 6.92 Å². The maximum absolute atomic E-state index is 11.8. The first-order valence-corrected chi connectivity index (χ1v) is 8.47. The molecule has 0 aliphatic rings. The van der Waals surface area contributed by atoms with Crippen molar-refractivity contribution in [2.24, 2.45) is 0 Å². The monoisotopic (exact) mass is 318 g/mol. The number of amides is 1. The van der Waals surface area contributed by atoms with Crippen LogP contribution in [0.15, 0.2) is 18.2 Å². The fourth-order valence-electron chi connectivity index (χ4n) is 1.67. The van der Waals surface area contributed by atoms with Gasteiger partial charge in [-0.1, -0.05) is 0 Å². The molecule has 0 unspecified atom stereocenters. The zero-order chi connectivity index (χ0) is 15.2. The highest BCUT2D eigenvalue weighted by Crippen LogP contribution is 2.20. The molecule has 1 amide bonds. The number of hydrogen-bond donors (Lipinski definition) is 2. The van der Waals surface area contributed by atoms with Gasteiger partial charge in [-0.15, -0.1) is 11.6 Å². The number of benzene rings is 1. The second kappa shape index (κ2) is 7.50. The van der Waals surface area contributed by atoms with Crippen LogP contribution in [-0.2, 0) is 14.8 Å². The fraction of sp³-hybridized carbons (Fsp3) is 0.462. The first-order chi connectivity index (χ1) is 9.34. The van der Waals surface area contributed by atoms with Crippen molar-refractivity contribution >= 4 is 38.9 Å². The molecule has 0 aliphatic carbocycles. The van der Waals surface area contributed by atoms with Gasteiger partial charge >= 0.3 is 0 Å². The molecule has 1 aromatic rings. The maximum Gasteiger partial charge on any atom is 0.232 e. The Morgan fingerprint density at radius 3 is 2.55 bits per heavy atom. The molecule has 2 N–H and O–H groups in total. The molecule has 0 heterocycles. The van der Waals surface area contributed by atoms with E-state index in [9.17, 15) is 13.2 Å². The van der Waals surface area contributed by atoms with Gasteiger partial charge in [-0.2, -0.15) is 0 Å². The highest BCUT2D eigenvalue weighted by Gasteiger charge is 2.11. The largest absolute Gasteiger partial charge is 0.326 e. The zero-order valence-corrected chi connectivity index (χ0v) is 13.1. The molecule has 0 radical (unpaired) electrons. The lowest BCUT2D eigenvalue weighted by atomic mass is 10.2. The Kier molecular flexibility index (Phi) is 6.29. The first kappa shape index (κ1) is 16.8. The van der Waals surface area contributed by atoms with Crippen LogP contribution in [0.3, 0.4) is 0 Å². The molecule has 0 saturated heterocycles. The summed E-state index contributed by atoms with van der Waals surface area (Å²) in [5.41, 5.74) is 1.95. The topological polar surface area (TPSA) is 75.3 Å². The SMILES string of the molecule is CC(=O)Nc1ccc(NS(=O)(=O)CCCCCl)cc1C. The molecular formula is C13H19ClN2O3S. The fourth-order valence-corrected chi connectivity index (χ4v) is 3.04. The summed E-state index contributed by atoms with van der Waals surface area (Å²) in [5, 5.41) is 2.67. The number of aryl methyl sites for hydroxylation is 1. The van der Waals surface area contributed by atoms with E-state index in [1.54, 1.807) is 25.1 Å². The van der Waals surface area contributed by atoms with E-state index in [1.165, 1.54) is 6.92 Å². The van der Waals surface area contributed by atoms with E-state index in [0.717, 1.165) is 5.56 Å². The van der Waals surface area contributed by atoms with Crippen LogP contribution in [0.5, 0.6) is 0 Å². The number of carbonyl (C=O) groups excluding carboxylic acids is 1. The third-order valence-electron chi connectivity index (χ3n) is 2.61. The lowest BCUT2D eigenvalue weighted by Gasteiger charge is -2.11. The summed E-state index contributed by atoms with van der Waals surface area (Å²) < 4.78 is 26.2. The summed E-state index contributed by atoms with van der Waals surface area (Å²) in [7, 11) is -3.36. The first-order valence-electron chi connectivity index (χ1n) is 6.29. The van der Waals surface area contributed by atoms with Gasteiger partial charge in [0.15, 0.2) is 0 Å². The molecule has 0 fully saturated rings. The Morgan fingerprint density at radius 2 is 2.00 bits per heavy atom. The van der Waals surface area contributed by atoms with Gasteiger partial charge in [0, 0.05) is 24.2 Å². The molecule has 0 aliphatic heterocycles. The Balaban J connectivity index is 2.73. The van der Waals surface area contributed by atoms with Gasteiger partial charge in [-0.05, 0) is 43.5 Å². The van der Waals surface area contributed by atoms with Crippen molar-refractivity contribution in [1.82, 2.24) is 0 Å². The second-order valence-electron chi connectivity index (χ2n) is 4.53. The van der Waals surface area contributed by atoms with Crippen molar-refractivity contribution in [3.05, 3.63) is 23.8 Å². The molecule has 0 spiro atoms. The molecule has 1 aromatic carbocycles. The molecule has 0 aromatic heterocycles. The van der Waals surface area contributed by atoms with Crippen LogP contribution in [0.25, 0.3) is 0 Å². The third-order valence-corrected chi connectivity index (χ3v) is 4.25. The number of rotatable bonds is 7. The number of anilines is 2. The minimum absolute atomic E-state index is 0.0478. The van der Waals surface area contributed by atoms with Gasteiger partial charge < -0.3 is 5.32 Å². The Hall–Kier alpha value is -1.27. The predicted molar refractivity (Wildman–Crippen MR) is 82.8 cm³/mol. The molecule has 1 rings (SSSR count). The molecule has 0 bridgehead atoms. The molecule has 112 valence electrons. The van der Waals surface area contributed by atoms with Gasteiger partial charge in [0.2, 0.25) is 15.9 Å². The van der Waals surface area contributed by atoms with Crippen molar-refractivity contribution < 1.29 is 13.2 Å². The molecule has 20 heavy (non-hydrogen) atoms. The van der Waals surface area contributed by atoms with E-state index < -0.39 is 10.0 Å². The summed E-state index contributed by atoms with van der Waals surface area (Å²) >= 11 is 5.52. The molecular weight excluding hydrogens is 300 g/mol. The summed E-state index contributed by atoms with van der Waals surface area (Å²) in [6.45, 7) is 3.23. The van der Waals surface area contributed by atoms with Crippen molar-refractivity contribution in [3.8, 4) is 0 Å². The number of alkyl halides is 1. The number of hydrogen-bond acceptors (Lipinski definition) is 3. The number of unbranched alkanes of at least 4 members (excludes halogenated alkanes) is 1. The maximum atomic E-state index is 11.8. The Labute approximate surface area is 124 Å². The quantitative estimate of drug-likeness (QED) is 0.599. The van der Waals surface area contributed by atoms with Crippen molar-refractivity contribution in [2.45, 2.75) is 26.7 Å². The Morgan fingerprint density at radius 1 is 1.30 bits per heavy atom. The smallest absolute Gasteiger partial charge is 0.232 e. The Bertz CT molecular complexity index is 573. The summed E-state index contributed by atoms with van der Waals surface area (Å²) in [6, 6.07) is 4.98. The number of carbonyl (C=O) groups is 1. The summed E-state index contributed by atoms with van der Waals surface area (Å²) in [5.74, 6) is 0.342. The van der Waals surface area contributed by atoms with Crippen LogP contribution in [0.4, 0.5) is 11.4 Å². The standard InChI is InChI=1S/C13H19ClN2O3S/c1-10-9-12(5-6-13(10)15-11(2)17)16-20(18,19)8-4-3-7-14/h5-6,9,16H,3-4,7-8H2,1-2H3,(H,15,17). The summed E-state index contributed by atoms with van der Waals surface area (Å²) in [4.78, 5) is 11.0. The molecule has 5 nitrogen and oxygen atoms in total. The highest BCUT2D eigenvalue weighted by molar-refractivity contribution is 7.92. The van der Waals surface area contributed by atoms with Gasteiger partial charge in [-0.25, -0.2) is 8.42 Å². The van der Waals surface area contributed by atoms with Crippen LogP contribution in [0.1, 0.15) is 25.3 Å². The van der Waals surface area contributed by atoms with E-state index in [1.807, 2.05) is 0 Å². The normalized spacial score (nSPS) is 11.2. The molecule has 0 atom stereocenters. The van der Waals surface area contributed by atoms with E-state index in [-0.39, 0.29) is 11.7 Å². The lowest BCUT2D eigenvalue weighted by molar-refractivity contribution is -0.114. The van der Waals surface area contributed by atoms with Crippen LogP contribution < -0.4 is 10.0 Å². The van der Waals surface area contributed by atoms with E-state index in [2.05, 4.69) is 10.0 Å². The average molecular weight is 319 g/mol. The minimum Gasteiger partial charge on any atom is -0.326 e. The number of halogens is 1. The van der Waals surface area contributed by atoms with Crippen molar-refractivity contribution in [1.29, 1.82) is 0 Å². The van der Waals surface area contributed by atoms with E-state index in [4.69, 9.17) is 11.6 Å². The van der Waals surface area contributed by atoms with Gasteiger partial charge in [-0.3, -0.25) is 9.52 Å². The van der Waals surface area contributed by atoms with Crippen LogP contribution >= 0.6 is 11.6 Å². The lowest BCUT2D eigenvalue weighted by Crippen LogP contribution is -2.17. The van der Waals surface area contributed by atoms with E-state index in [0.29, 0.717) is 30.1 Å². The zero-order valence-electron chi connectivity index (χ0n) is 11.6. The van der Waals surface area contributed by atoms with E-state index >= 15 is 0 Å². The second-order valence-corrected chi connectivity index (χ2v) is 6.75. The van der Waals surface area contributed by atoms with Crippen LogP contribution in [-0.4, -0.2) is 26.0 Å². The third kappa shape index (κ3) is 5.79. The summed E-state index contributed by atoms with van der Waals surface area (Å²) in [6.07, 6.45) is 1.20. The van der Waals surface area contributed by atoms with Gasteiger partial charge in [0.1, 0.15) is 0 Å². The van der Waals surface area contributed by atoms with Crippen LogP contribution in [0.2, 0.25) is 0 Å². The van der Waals surface area contributed by atoms with Gasteiger partial charge in [0.05, 0.1) is 5.75 Å². The molecule has 0 saturated carbocycles. The minimum atomic E-state index is -3.36. The number of sulfonamides is 1. The number of nitrogens with one attached hydrogen (secondary N) is 2. The average Bonchev–Trinajstić information content (AvgIpc) is 2.32. The van der Waals surface area contributed by atoms with Crippen molar-refractivity contribution in [3.63, 3.8) is 0 Å². The predicted octanol–water partition coefficient (Wildman–Crippen LogP) is 2.71. The highest BCUT2D eigenvalue weighted by atomic mass is 35.5. The van der Waals surface area contributed by atoms with Gasteiger partial charge in [0.25, 0.3) is 0 Å². The van der Waals surface area contributed by atoms with Crippen molar-refractivity contribution in [2.75, 3.05) is 21.7 Å².